The van der Waals surface area contributed by atoms with Crippen LogP contribution in [0.25, 0.3) is 0 Å². The lowest BCUT2D eigenvalue weighted by molar-refractivity contribution is -0.0907. The number of hydrogen-bond donors (Lipinski definition) is 2. The van der Waals surface area contributed by atoms with Gasteiger partial charge in [-0.2, -0.15) is 12.7 Å². The fourth-order valence-corrected chi connectivity index (χ4v) is 8.38. The number of fused-ring (bicyclic) bond motifs is 1. The lowest BCUT2D eigenvalue weighted by Crippen LogP contribution is -2.51. The molecule has 0 saturated carbocycles. The summed E-state index contributed by atoms with van der Waals surface area (Å²) in [5.74, 6) is -0.151. The van der Waals surface area contributed by atoms with E-state index in [2.05, 4.69) is 5.32 Å². The summed E-state index contributed by atoms with van der Waals surface area (Å²) in [6, 6.07) is 20.4. The van der Waals surface area contributed by atoms with Crippen LogP contribution in [0.2, 0.25) is 0 Å². The van der Waals surface area contributed by atoms with Gasteiger partial charge in [0.25, 0.3) is 10.1 Å². The molecule has 2 aliphatic heterocycles. The van der Waals surface area contributed by atoms with E-state index in [4.69, 9.17) is 18.4 Å². The number of nitrogens with zero attached hydrogens (tertiary/aromatic N) is 1. The Kier molecular flexibility index (Phi) is 12.1. The van der Waals surface area contributed by atoms with Gasteiger partial charge in [0.1, 0.15) is 6.10 Å². The van der Waals surface area contributed by atoms with Crippen LogP contribution < -0.4 is 5.32 Å². The number of sulfonamides is 1. The van der Waals surface area contributed by atoms with Gasteiger partial charge in [0.05, 0.1) is 47.7 Å². The van der Waals surface area contributed by atoms with Crippen LogP contribution in [-0.2, 0) is 51.6 Å². The number of rotatable bonds is 15. The van der Waals surface area contributed by atoms with Crippen molar-refractivity contribution in [2.45, 2.75) is 74.6 Å². The molecular formula is C35H44N2O10S2. The Morgan fingerprint density at radius 1 is 0.918 bits per heavy atom. The van der Waals surface area contributed by atoms with Crippen molar-refractivity contribution in [3.63, 3.8) is 0 Å². The first-order valence-corrected chi connectivity index (χ1v) is 19.1. The fraction of sp³-hybridized carbons (Fsp3) is 0.457. The molecule has 2 unspecified atom stereocenters. The quantitative estimate of drug-likeness (QED) is 0.220. The first kappa shape index (κ1) is 36.9. The van der Waals surface area contributed by atoms with Gasteiger partial charge in [-0.25, -0.2) is 13.2 Å². The van der Waals surface area contributed by atoms with Crippen molar-refractivity contribution in [3.05, 3.63) is 95.6 Å². The molecule has 0 radical (unpaired) electrons. The minimum atomic E-state index is -4.12. The predicted octanol–water partition coefficient (Wildman–Crippen LogP) is 4.01. The molecule has 2 N–H and O–H groups in total. The summed E-state index contributed by atoms with van der Waals surface area (Å²) in [5.41, 5.74) is 2.20. The van der Waals surface area contributed by atoms with Gasteiger partial charge in [-0.1, -0.05) is 74.0 Å². The summed E-state index contributed by atoms with van der Waals surface area (Å²) >= 11 is 0. The molecule has 3 aromatic rings. The lowest BCUT2D eigenvalue weighted by Gasteiger charge is -2.31. The maximum Gasteiger partial charge on any atom is 0.407 e. The van der Waals surface area contributed by atoms with E-state index in [-0.39, 0.29) is 54.4 Å². The highest BCUT2D eigenvalue weighted by Gasteiger charge is 2.44. The molecule has 266 valence electrons. The second-order valence-electron chi connectivity index (χ2n) is 12.9. The number of aliphatic hydroxyl groups is 1. The Bertz CT molecular complexity index is 1750. The third kappa shape index (κ3) is 9.66. The number of aryl methyl sites for hydroxylation is 1. The molecule has 5 atom stereocenters. The molecule has 14 heteroatoms. The van der Waals surface area contributed by atoms with E-state index in [1.54, 1.807) is 12.1 Å². The zero-order valence-electron chi connectivity index (χ0n) is 27.8. The SMILES string of the molecule is Cc1ccc(S(=O)(=O)OCc2ccc(S(=O)(=O)N(CC(C)C)C[C@@H](O)[C@H](Cc3ccccc3)NC(=O)OC3CO[C@H]4OCCC34)cc2)cc1. The molecule has 0 spiro atoms. The highest BCUT2D eigenvalue weighted by atomic mass is 32.2. The van der Waals surface area contributed by atoms with Crippen LogP contribution in [0.4, 0.5) is 4.79 Å². The van der Waals surface area contributed by atoms with Gasteiger partial charge in [-0.15, -0.1) is 0 Å². The van der Waals surface area contributed by atoms with Crippen LogP contribution in [0, 0.1) is 18.8 Å². The molecule has 2 aliphatic rings. The molecule has 3 aromatic carbocycles. The number of ether oxygens (including phenoxy) is 3. The van der Waals surface area contributed by atoms with Gasteiger partial charge in [-0.3, -0.25) is 4.18 Å². The zero-order chi connectivity index (χ0) is 35.2. The van der Waals surface area contributed by atoms with E-state index in [1.165, 1.54) is 40.7 Å². The van der Waals surface area contributed by atoms with Crippen LogP contribution in [-0.4, -0.2) is 83.2 Å². The first-order valence-electron chi connectivity index (χ1n) is 16.3. The minimum absolute atomic E-state index is 0.0260. The standard InChI is InChI=1S/C35H44N2O10S2/c1-24(2)20-37(48(40,41)28-15-11-27(12-16-28)22-46-49(42,43)29-13-9-25(3)10-14-29)21-32(38)31(19-26-7-5-4-6-8-26)36-35(39)47-33-23-45-34-30(33)17-18-44-34/h4-16,24,30-34,38H,17-23H2,1-3H3,(H,36,39)/t30?,31-,32+,33?,34+/m0/s1. The van der Waals surface area contributed by atoms with Crippen LogP contribution in [0.5, 0.6) is 0 Å². The van der Waals surface area contributed by atoms with Gasteiger partial charge in [0.2, 0.25) is 10.0 Å². The van der Waals surface area contributed by atoms with Crippen molar-refractivity contribution in [2.75, 3.05) is 26.3 Å². The van der Waals surface area contributed by atoms with E-state index >= 15 is 0 Å². The molecule has 12 nitrogen and oxygen atoms in total. The number of amides is 1. The topological polar surface area (TPSA) is 158 Å². The van der Waals surface area contributed by atoms with E-state index in [1.807, 2.05) is 51.1 Å². The molecule has 1 amide bonds. The van der Waals surface area contributed by atoms with Crippen LogP contribution >= 0.6 is 0 Å². The minimum Gasteiger partial charge on any atom is -0.443 e. The van der Waals surface area contributed by atoms with E-state index in [9.17, 15) is 26.7 Å². The molecule has 2 fully saturated rings. The summed E-state index contributed by atoms with van der Waals surface area (Å²) in [7, 11) is -8.13. The summed E-state index contributed by atoms with van der Waals surface area (Å²) in [6.07, 6.45) is -1.99. The highest BCUT2D eigenvalue weighted by molar-refractivity contribution is 7.89. The molecule has 0 aromatic heterocycles. The molecule has 2 saturated heterocycles. The number of carbonyl (C=O) groups excluding carboxylic acids is 1. The molecule has 49 heavy (non-hydrogen) atoms. The van der Waals surface area contributed by atoms with Crippen molar-refractivity contribution in [3.8, 4) is 0 Å². The summed E-state index contributed by atoms with van der Waals surface area (Å²) < 4.78 is 76.3. The third-order valence-corrected chi connectivity index (χ3v) is 11.6. The Hall–Kier alpha value is -3.37. The second-order valence-corrected chi connectivity index (χ2v) is 16.4. The van der Waals surface area contributed by atoms with Gasteiger partial charge < -0.3 is 24.6 Å². The average Bonchev–Trinajstić information content (AvgIpc) is 3.69. The number of alkyl carbamates (subject to hydrolysis) is 1. The van der Waals surface area contributed by atoms with Gasteiger partial charge >= 0.3 is 6.09 Å². The Labute approximate surface area is 288 Å². The number of carbonyl (C=O) groups is 1. The summed E-state index contributed by atoms with van der Waals surface area (Å²) in [5, 5.41) is 14.3. The van der Waals surface area contributed by atoms with Crippen LogP contribution in [0.15, 0.2) is 88.7 Å². The van der Waals surface area contributed by atoms with Crippen molar-refractivity contribution < 1.29 is 45.1 Å². The van der Waals surface area contributed by atoms with Crippen LogP contribution in [0.3, 0.4) is 0 Å². The predicted molar refractivity (Wildman–Crippen MR) is 180 cm³/mol. The van der Waals surface area contributed by atoms with Crippen molar-refractivity contribution in [2.24, 2.45) is 11.8 Å². The van der Waals surface area contributed by atoms with Crippen molar-refractivity contribution in [1.82, 2.24) is 9.62 Å². The zero-order valence-corrected chi connectivity index (χ0v) is 29.4. The van der Waals surface area contributed by atoms with E-state index < -0.39 is 50.8 Å². The van der Waals surface area contributed by atoms with Crippen molar-refractivity contribution in [1.29, 1.82) is 0 Å². The number of nitrogens with one attached hydrogen (secondary N) is 1. The molecule has 0 bridgehead atoms. The molecule has 2 heterocycles. The first-order chi connectivity index (χ1) is 23.3. The Morgan fingerprint density at radius 2 is 1.59 bits per heavy atom. The molecule has 5 rings (SSSR count). The van der Waals surface area contributed by atoms with Gasteiger partial charge in [0, 0.05) is 13.1 Å². The fourth-order valence-electron chi connectivity index (χ4n) is 5.86. The highest BCUT2D eigenvalue weighted by Crippen LogP contribution is 2.33. The normalized spacial score (nSPS) is 20.7. The largest absolute Gasteiger partial charge is 0.443 e. The van der Waals surface area contributed by atoms with E-state index in [0.717, 1.165) is 11.1 Å². The number of benzene rings is 3. The molecule has 0 aliphatic carbocycles. The number of hydrogen-bond acceptors (Lipinski definition) is 10. The maximum atomic E-state index is 13.9. The Balaban J connectivity index is 1.28. The smallest absolute Gasteiger partial charge is 0.407 e. The third-order valence-electron chi connectivity index (χ3n) is 8.52. The maximum absolute atomic E-state index is 13.9. The lowest BCUT2D eigenvalue weighted by atomic mass is 10.0. The summed E-state index contributed by atoms with van der Waals surface area (Å²) in [6.45, 7) is 5.83. The van der Waals surface area contributed by atoms with Gasteiger partial charge in [0.15, 0.2) is 6.29 Å². The number of aliphatic hydroxyl groups excluding tert-OH is 1. The van der Waals surface area contributed by atoms with Crippen LogP contribution in [0.1, 0.15) is 37.0 Å². The monoisotopic (exact) mass is 716 g/mol. The Morgan fingerprint density at radius 3 is 2.27 bits per heavy atom. The van der Waals surface area contributed by atoms with Crippen molar-refractivity contribution >= 4 is 26.2 Å². The molecular weight excluding hydrogens is 673 g/mol. The average molecular weight is 717 g/mol. The second kappa shape index (κ2) is 16.1. The van der Waals surface area contributed by atoms with Gasteiger partial charge in [-0.05, 0) is 61.1 Å². The summed E-state index contributed by atoms with van der Waals surface area (Å²) in [4.78, 5) is 13.1. The van der Waals surface area contributed by atoms with E-state index in [0.29, 0.717) is 18.6 Å².